The van der Waals surface area contributed by atoms with E-state index in [9.17, 15) is 21.2 Å². The van der Waals surface area contributed by atoms with E-state index < -0.39 is 64.9 Å². The van der Waals surface area contributed by atoms with Gasteiger partial charge in [-0.2, -0.15) is 0 Å². The number of hydrogen-bond donors (Lipinski definition) is 1. The Labute approximate surface area is 218 Å². The first-order chi connectivity index (χ1) is 17.4. The average Bonchev–Trinajstić information content (AvgIpc) is 2.83. The van der Waals surface area contributed by atoms with E-state index in [0.717, 1.165) is 12.1 Å². The maximum absolute atomic E-state index is 15.4. The van der Waals surface area contributed by atoms with Crippen LogP contribution in [0.1, 0.15) is 18.4 Å². The van der Waals surface area contributed by atoms with E-state index >= 15 is 4.39 Å². The molecule has 0 aromatic heterocycles. The molecular formula is C24H26ClF2NO7S2. The molecule has 2 N–H and O–H groups in total. The molecule has 0 radical (unpaired) electrons. The molecule has 37 heavy (non-hydrogen) atoms. The lowest BCUT2D eigenvalue weighted by atomic mass is 9.75. The summed E-state index contributed by atoms with van der Waals surface area (Å²) in [5.41, 5.74) is 4.66. The zero-order valence-electron chi connectivity index (χ0n) is 19.7. The van der Waals surface area contributed by atoms with Gasteiger partial charge in [0.15, 0.2) is 31.2 Å². The second-order valence-electron chi connectivity index (χ2n) is 9.89. The molecule has 8 nitrogen and oxygen atoms in total. The Kier molecular flexibility index (Phi) is 6.82. The van der Waals surface area contributed by atoms with Crippen LogP contribution in [-0.2, 0) is 33.9 Å². The third-order valence-corrected chi connectivity index (χ3v) is 12.0. The Morgan fingerprint density at radius 1 is 1.03 bits per heavy atom. The van der Waals surface area contributed by atoms with Crippen LogP contribution >= 0.6 is 11.6 Å². The van der Waals surface area contributed by atoms with E-state index in [2.05, 4.69) is 0 Å². The maximum atomic E-state index is 15.4. The lowest BCUT2D eigenvalue weighted by Gasteiger charge is -2.50. The van der Waals surface area contributed by atoms with E-state index in [0.29, 0.717) is 5.02 Å². The summed E-state index contributed by atoms with van der Waals surface area (Å²) >= 11 is 5.96. The highest BCUT2D eigenvalue weighted by Crippen LogP contribution is 2.56. The van der Waals surface area contributed by atoms with Gasteiger partial charge in [-0.25, -0.2) is 25.6 Å². The van der Waals surface area contributed by atoms with Crippen LogP contribution in [0.15, 0.2) is 41.3 Å². The summed E-state index contributed by atoms with van der Waals surface area (Å²) in [4.78, 5) is -0.123. The molecule has 0 aliphatic carbocycles. The minimum absolute atomic E-state index is 0.0720. The Morgan fingerprint density at radius 2 is 1.70 bits per heavy atom. The number of rotatable bonds is 7. The zero-order valence-corrected chi connectivity index (χ0v) is 22.1. The molecule has 0 unspecified atom stereocenters. The monoisotopic (exact) mass is 577 g/mol. The van der Waals surface area contributed by atoms with Crippen LogP contribution in [0, 0.1) is 17.6 Å². The van der Waals surface area contributed by atoms with Crippen LogP contribution in [0.2, 0.25) is 5.02 Å². The molecule has 202 valence electrons. The van der Waals surface area contributed by atoms with Crippen molar-refractivity contribution in [1.29, 1.82) is 0 Å². The fraction of sp³-hybridized carbons (Fsp3) is 0.500. The van der Waals surface area contributed by atoms with E-state index in [-0.39, 0.29) is 55.7 Å². The smallest absolute Gasteiger partial charge is 0.189 e. The molecule has 3 aliphatic rings. The molecule has 2 saturated heterocycles. The summed E-state index contributed by atoms with van der Waals surface area (Å²) in [6, 6.07) is 7.18. The van der Waals surface area contributed by atoms with Crippen molar-refractivity contribution in [3.8, 4) is 5.75 Å². The van der Waals surface area contributed by atoms with Crippen molar-refractivity contribution in [2.24, 2.45) is 11.7 Å². The number of fused-ring (bicyclic) bond motifs is 3. The highest BCUT2D eigenvalue weighted by Gasteiger charge is 2.61. The van der Waals surface area contributed by atoms with Gasteiger partial charge in [-0.3, -0.25) is 0 Å². The summed E-state index contributed by atoms with van der Waals surface area (Å²) in [6.45, 7) is -0.156. The van der Waals surface area contributed by atoms with Crippen LogP contribution in [0.3, 0.4) is 0 Å². The lowest BCUT2D eigenvalue weighted by Crippen LogP contribution is -2.62. The highest BCUT2D eigenvalue weighted by molar-refractivity contribution is 7.92. The first-order valence-corrected chi connectivity index (χ1v) is 15.4. The number of ether oxygens (including phenoxy) is 3. The van der Waals surface area contributed by atoms with Crippen molar-refractivity contribution < 1.29 is 39.8 Å². The molecule has 0 spiro atoms. The average molecular weight is 578 g/mol. The molecule has 3 heterocycles. The lowest BCUT2D eigenvalue weighted by molar-refractivity contribution is -0.0733. The number of nitrogens with two attached hydrogens (primary N) is 1. The van der Waals surface area contributed by atoms with Gasteiger partial charge in [0.05, 0.1) is 53.4 Å². The van der Waals surface area contributed by atoms with Gasteiger partial charge in [0.2, 0.25) is 0 Å². The number of halogens is 3. The van der Waals surface area contributed by atoms with Gasteiger partial charge < -0.3 is 19.9 Å². The van der Waals surface area contributed by atoms with E-state index in [1.54, 1.807) is 0 Å². The van der Waals surface area contributed by atoms with Gasteiger partial charge in [0.25, 0.3) is 0 Å². The van der Waals surface area contributed by atoms with Gasteiger partial charge in [0, 0.05) is 17.5 Å². The summed E-state index contributed by atoms with van der Waals surface area (Å²) < 4.78 is 98.9. The van der Waals surface area contributed by atoms with Crippen molar-refractivity contribution in [2.45, 2.75) is 34.1 Å². The van der Waals surface area contributed by atoms with E-state index in [1.807, 2.05) is 0 Å². The standard InChI is InChI=1S/C24H26ClF2NO7S2/c25-15-1-3-16(4-2-15)37(31,32)24-8-9-34-20(7-10-36(29,30)14-23(28)12-33-13-23)17(24)11-35-22-19(27)6-5-18(26)21(22)24/h1-6,17,20H,7-14,28H2/t17-,20-,24-/m0/s1. The Bertz CT molecular complexity index is 1420. The second kappa shape index (κ2) is 9.42. The van der Waals surface area contributed by atoms with Crippen LogP contribution in [0.4, 0.5) is 8.78 Å². The Balaban J connectivity index is 1.57. The van der Waals surface area contributed by atoms with Crippen molar-refractivity contribution in [2.75, 3.05) is 37.9 Å². The largest absolute Gasteiger partial charge is 0.490 e. The second-order valence-corrected chi connectivity index (χ2v) is 14.7. The number of hydrogen-bond acceptors (Lipinski definition) is 8. The van der Waals surface area contributed by atoms with Gasteiger partial charge in [-0.05, 0) is 49.2 Å². The van der Waals surface area contributed by atoms with E-state index in [4.69, 9.17) is 31.5 Å². The molecule has 2 aromatic carbocycles. The molecule has 0 amide bonds. The predicted octanol–water partition coefficient (Wildman–Crippen LogP) is 2.62. The third kappa shape index (κ3) is 4.55. The SMILES string of the molecule is NC1(CS(=O)(=O)CC[C@@H]2OCC[C@@]3(S(=O)(=O)c4ccc(Cl)cc4)c4c(F)ccc(F)c4OC[C@@H]23)COC1. The van der Waals surface area contributed by atoms with E-state index in [1.165, 1.54) is 24.3 Å². The van der Waals surface area contributed by atoms with Crippen LogP contribution in [0.5, 0.6) is 5.75 Å². The van der Waals surface area contributed by atoms with Crippen molar-refractivity contribution >= 4 is 31.3 Å². The molecule has 2 aromatic rings. The molecule has 3 aliphatic heterocycles. The van der Waals surface area contributed by atoms with Crippen molar-refractivity contribution in [1.82, 2.24) is 0 Å². The minimum Gasteiger partial charge on any atom is -0.490 e. The highest BCUT2D eigenvalue weighted by atomic mass is 35.5. The minimum atomic E-state index is -4.37. The summed E-state index contributed by atoms with van der Waals surface area (Å²) in [5, 5.41) is 0.308. The molecule has 5 rings (SSSR count). The predicted molar refractivity (Wildman–Crippen MR) is 131 cm³/mol. The molecule has 2 fully saturated rings. The van der Waals surface area contributed by atoms with Crippen molar-refractivity contribution in [3.63, 3.8) is 0 Å². The normalized spacial score (nSPS) is 26.9. The van der Waals surface area contributed by atoms with Gasteiger partial charge >= 0.3 is 0 Å². The molecule has 3 atom stereocenters. The summed E-state index contributed by atoms with van der Waals surface area (Å²) in [5.74, 6) is -3.91. The maximum Gasteiger partial charge on any atom is 0.189 e. The fourth-order valence-corrected chi connectivity index (χ4v) is 9.84. The molecular weight excluding hydrogens is 552 g/mol. The van der Waals surface area contributed by atoms with Gasteiger partial charge in [-0.1, -0.05) is 11.6 Å². The number of benzene rings is 2. The Hall–Kier alpha value is -1.83. The molecule has 0 saturated carbocycles. The number of sulfone groups is 2. The third-order valence-electron chi connectivity index (χ3n) is 7.35. The first-order valence-electron chi connectivity index (χ1n) is 11.7. The van der Waals surface area contributed by atoms with Crippen LogP contribution < -0.4 is 10.5 Å². The molecule has 13 heteroatoms. The fourth-order valence-electron chi connectivity index (χ4n) is 5.59. The van der Waals surface area contributed by atoms with Crippen LogP contribution in [0.25, 0.3) is 0 Å². The topological polar surface area (TPSA) is 122 Å². The van der Waals surface area contributed by atoms with Gasteiger partial charge in [-0.15, -0.1) is 0 Å². The van der Waals surface area contributed by atoms with Crippen molar-refractivity contribution in [3.05, 3.63) is 58.6 Å². The Morgan fingerprint density at radius 3 is 2.35 bits per heavy atom. The van der Waals surface area contributed by atoms with Gasteiger partial charge in [0.1, 0.15) is 10.6 Å². The zero-order chi connectivity index (χ0) is 26.6. The molecule has 0 bridgehead atoms. The first kappa shape index (κ1) is 26.8. The summed E-state index contributed by atoms with van der Waals surface area (Å²) in [6.07, 6.45) is -1.17. The summed E-state index contributed by atoms with van der Waals surface area (Å²) in [7, 11) is -8.02. The van der Waals surface area contributed by atoms with Crippen LogP contribution in [-0.4, -0.2) is 66.4 Å². The quantitative estimate of drug-likeness (QED) is 0.533.